The molecule has 0 fully saturated rings. The lowest BCUT2D eigenvalue weighted by Gasteiger charge is -2.26. The molecule has 11 nitrogen and oxygen atoms in total. The second-order valence-corrected chi connectivity index (χ2v) is 8.08. The van der Waals surface area contributed by atoms with Gasteiger partial charge in [0, 0.05) is 32.1 Å². The van der Waals surface area contributed by atoms with E-state index in [2.05, 4.69) is 25.1 Å². The molecule has 0 aliphatic carbocycles. The molecule has 184 valence electrons. The summed E-state index contributed by atoms with van der Waals surface area (Å²) in [7, 11) is 3.00. The number of nitrogens with one attached hydrogen (secondary N) is 1. The molecule has 1 amide bonds. The summed E-state index contributed by atoms with van der Waals surface area (Å²) in [4.78, 5) is 29.9. The number of nitrogens with zero attached hydrogens (tertiary/aromatic N) is 6. The van der Waals surface area contributed by atoms with Gasteiger partial charge in [0.1, 0.15) is 17.8 Å². The van der Waals surface area contributed by atoms with Crippen LogP contribution in [0.1, 0.15) is 51.8 Å². The summed E-state index contributed by atoms with van der Waals surface area (Å²) in [5, 5.41) is 30.0. The molecule has 0 bridgehead atoms. The molecule has 0 saturated carbocycles. The van der Waals surface area contributed by atoms with Crippen LogP contribution in [0.4, 0.5) is 14.5 Å². The number of carbonyl (C=O) groups is 1. The highest BCUT2D eigenvalue weighted by molar-refractivity contribution is 6.04. The molecule has 13 heteroatoms. The summed E-state index contributed by atoms with van der Waals surface area (Å²) in [6.07, 6.45) is 5.47. The fraction of sp³-hybridized carbons (Fsp3) is 0.217. The third-order valence-electron chi connectivity index (χ3n) is 5.75. The van der Waals surface area contributed by atoms with Gasteiger partial charge in [0.2, 0.25) is 5.75 Å². The number of aryl methyl sites for hydroxylation is 1. The highest BCUT2D eigenvalue weighted by Crippen LogP contribution is 2.39. The molecule has 3 aromatic heterocycles. The Bertz CT molecular complexity index is 1550. The van der Waals surface area contributed by atoms with Gasteiger partial charge in [0.25, 0.3) is 11.5 Å². The minimum atomic E-state index is -1.18. The van der Waals surface area contributed by atoms with E-state index in [9.17, 15) is 28.7 Å². The van der Waals surface area contributed by atoms with Crippen molar-refractivity contribution in [2.45, 2.75) is 18.8 Å². The average Bonchev–Trinajstić information content (AvgIpc) is 3.51. The molecule has 36 heavy (non-hydrogen) atoms. The summed E-state index contributed by atoms with van der Waals surface area (Å²) >= 11 is 0. The number of aromatic nitrogens is 5. The molecule has 2 atom stereocenters. The summed E-state index contributed by atoms with van der Waals surface area (Å²) in [5.74, 6) is -5.71. The topological polar surface area (TPSA) is 152 Å². The fourth-order valence-electron chi connectivity index (χ4n) is 4.03. The van der Waals surface area contributed by atoms with Gasteiger partial charge in [-0.2, -0.15) is 10.4 Å². The van der Waals surface area contributed by atoms with Crippen LogP contribution in [0, 0.1) is 23.0 Å². The van der Waals surface area contributed by atoms with Crippen molar-refractivity contribution in [3.05, 3.63) is 87.2 Å². The van der Waals surface area contributed by atoms with Crippen molar-refractivity contribution in [2.75, 3.05) is 5.32 Å². The Morgan fingerprint density at radius 2 is 1.97 bits per heavy atom. The molecule has 0 aliphatic rings. The zero-order valence-corrected chi connectivity index (χ0v) is 19.2. The standard InChI is InChI=1S/C23H19F2N7O4/c1-11(18(13-7-27-31(2)9-13)15-5-17(25)16(24)4-12(15)6-26)21-30-19(20(33)23(35)32(21)3)22(34)29-14-8-28-36-10-14/h4-5,7-11,18,33H,1-3H3,(H,29,34). The predicted octanol–water partition coefficient (Wildman–Crippen LogP) is 2.55. The molecular formula is C23H19F2N7O4. The molecule has 0 saturated heterocycles. The van der Waals surface area contributed by atoms with Crippen molar-refractivity contribution < 1.29 is 23.2 Å². The quantitative estimate of drug-likeness (QED) is 0.414. The SMILES string of the molecule is CC(c1nc(C(=O)Nc2cnoc2)c(O)c(=O)n1C)C(c1cnn(C)c1)c1cc(F)c(F)cc1C#N. The number of amides is 1. The maximum absolute atomic E-state index is 14.3. The highest BCUT2D eigenvalue weighted by atomic mass is 19.2. The number of nitriles is 1. The van der Waals surface area contributed by atoms with E-state index >= 15 is 0 Å². The maximum Gasteiger partial charge on any atom is 0.296 e. The van der Waals surface area contributed by atoms with Crippen molar-refractivity contribution in [3.63, 3.8) is 0 Å². The predicted molar refractivity (Wildman–Crippen MR) is 120 cm³/mol. The van der Waals surface area contributed by atoms with Gasteiger partial charge in [0.05, 0.1) is 24.0 Å². The molecule has 4 aromatic rings. The first-order chi connectivity index (χ1) is 17.1. The summed E-state index contributed by atoms with van der Waals surface area (Å²) < 4.78 is 35.4. The summed E-state index contributed by atoms with van der Waals surface area (Å²) in [6.45, 7) is 1.64. The number of benzene rings is 1. The van der Waals surface area contributed by atoms with Gasteiger partial charge in [-0.25, -0.2) is 13.8 Å². The normalized spacial score (nSPS) is 12.7. The van der Waals surface area contributed by atoms with Crippen LogP contribution < -0.4 is 10.9 Å². The van der Waals surface area contributed by atoms with Crippen LogP contribution in [-0.4, -0.2) is 35.5 Å². The Kier molecular flexibility index (Phi) is 6.35. The lowest BCUT2D eigenvalue weighted by Crippen LogP contribution is -2.29. The number of aromatic hydroxyl groups is 1. The monoisotopic (exact) mass is 495 g/mol. The van der Waals surface area contributed by atoms with Crippen molar-refractivity contribution in [1.29, 1.82) is 5.26 Å². The van der Waals surface area contributed by atoms with E-state index in [0.29, 0.717) is 5.56 Å². The second kappa shape index (κ2) is 9.41. The number of halogens is 2. The lowest BCUT2D eigenvalue weighted by molar-refractivity contribution is 0.101. The van der Waals surface area contributed by atoms with E-state index < -0.39 is 46.4 Å². The zero-order chi connectivity index (χ0) is 26.1. The van der Waals surface area contributed by atoms with Gasteiger partial charge in [-0.15, -0.1) is 0 Å². The van der Waals surface area contributed by atoms with E-state index in [1.807, 2.05) is 6.07 Å². The second-order valence-electron chi connectivity index (χ2n) is 8.08. The van der Waals surface area contributed by atoms with Gasteiger partial charge < -0.3 is 14.9 Å². The van der Waals surface area contributed by atoms with Crippen LogP contribution in [0.5, 0.6) is 5.75 Å². The summed E-state index contributed by atoms with van der Waals surface area (Å²) in [5.41, 5.74) is -0.760. The average molecular weight is 495 g/mol. The van der Waals surface area contributed by atoms with Gasteiger partial charge >= 0.3 is 0 Å². The molecule has 0 spiro atoms. The van der Waals surface area contributed by atoms with Crippen LogP contribution in [0.25, 0.3) is 0 Å². The third-order valence-corrected chi connectivity index (χ3v) is 5.75. The number of carbonyl (C=O) groups excluding carboxylic acids is 1. The Balaban J connectivity index is 1.89. The first-order valence-electron chi connectivity index (χ1n) is 10.5. The Morgan fingerprint density at radius 3 is 2.58 bits per heavy atom. The molecule has 2 unspecified atom stereocenters. The van der Waals surface area contributed by atoms with Crippen LogP contribution in [-0.2, 0) is 14.1 Å². The van der Waals surface area contributed by atoms with Gasteiger partial charge in [-0.05, 0) is 23.3 Å². The molecule has 3 heterocycles. The van der Waals surface area contributed by atoms with E-state index in [1.165, 1.54) is 24.1 Å². The van der Waals surface area contributed by atoms with Crippen molar-refractivity contribution >= 4 is 11.6 Å². The molecular weight excluding hydrogens is 476 g/mol. The number of hydrogen-bond donors (Lipinski definition) is 2. The van der Waals surface area contributed by atoms with E-state index in [0.717, 1.165) is 23.0 Å². The number of hydrogen-bond acceptors (Lipinski definition) is 8. The van der Waals surface area contributed by atoms with Crippen LogP contribution in [0.2, 0.25) is 0 Å². The van der Waals surface area contributed by atoms with Gasteiger partial charge in [0.15, 0.2) is 17.3 Å². The van der Waals surface area contributed by atoms with E-state index in [-0.39, 0.29) is 22.6 Å². The van der Waals surface area contributed by atoms with Gasteiger partial charge in [-0.3, -0.25) is 18.8 Å². The third kappa shape index (κ3) is 4.31. The highest BCUT2D eigenvalue weighted by Gasteiger charge is 2.32. The molecule has 4 rings (SSSR count). The smallest absolute Gasteiger partial charge is 0.296 e. The first-order valence-corrected chi connectivity index (χ1v) is 10.5. The molecule has 0 radical (unpaired) electrons. The minimum absolute atomic E-state index is 0.0377. The Labute approximate surface area is 202 Å². The minimum Gasteiger partial charge on any atom is -0.501 e. The zero-order valence-electron chi connectivity index (χ0n) is 19.2. The summed E-state index contributed by atoms with van der Waals surface area (Å²) in [6, 6.07) is 3.59. The van der Waals surface area contributed by atoms with E-state index in [4.69, 9.17) is 0 Å². The van der Waals surface area contributed by atoms with Crippen LogP contribution >= 0.6 is 0 Å². The Morgan fingerprint density at radius 1 is 1.25 bits per heavy atom. The van der Waals surface area contributed by atoms with Gasteiger partial charge in [-0.1, -0.05) is 12.1 Å². The first kappa shape index (κ1) is 24.3. The number of anilines is 1. The van der Waals surface area contributed by atoms with Crippen LogP contribution in [0.3, 0.4) is 0 Å². The fourth-order valence-corrected chi connectivity index (χ4v) is 4.03. The van der Waals surface area contributed by atoms with E-state index in [1.54, 1.807) is 20.2 Å². The molecule has 2 N–H and O–H groups in total. The van der Waals surface area contributed by atoms with Crippen molar-refractivity contribution in [2.24, 2.45) is 14.1 Å². The lowest BCUT2D eigenvalue weighted by atomic mass is 9.80. The van der Waals surface area contributed by atoms with Crippen molar-refractivity contribution in [3.8, 4) is 11.8 Å². The molecule has 0 aliphatic heterocycles. The molecule has 1 aromatic carbocycles. The van der Waals surface area contributed by atoms with Crippen LogP contribution in [0.15, 0.2) is 46.3 Å². The largest absolute Gasteiger partial charge is 0.501 e. The number of rotatable bonds is 6. The Hall–Kier alpha value is -4.86. The van der Waals surface area contributed by atoms with Crippen molar-refractivity contribution in [1.82, 2.24) is 24.5 Å². The maximum atomic E-state index is 14.3.